The fraction of sp³-hybridized carbons (Fsp3) is 0.545. The fourth-order valence-corrected chi connectivity index (χ4v) is 2.28. The number of hydrogen-bond acceptors (Lipinski definition) is 4. The third-order valence-corrected chi connectivity index (χ3v) is 3.49. The lowest BCUT2D eigenvalue weighted by molar-refractivity contribution is 0.553. The molecule has 104 valence electrons. The standard InChI is InChI=1S/C11H19N3O2S.ClH/c1-10(2)12-8-5-9-14-17(15,16)11-6-3-4-7-13-11;/h3-4,6-7,10,12,14H,5,8-9H2,1-2H3;1H. The number of hydrogen-bond donors (Lipinski definition) is 2. The molecule has 5 nitrogen and oxygen atoms in total. The van der Waals surface area contributed by atoms with Crippen LogP contribution in [0.25, 0.3) is 0 Å². The molecule has 18 heavy (non-hydrogen) atoms. The number of pyridine rings is 1. The lowest BCUT2D eigenvalue weighted by Crippen LogP contribution is -2.30. The zero-order valence-electron chi connectivity index (χ0n) is 10.6. The summed E-state index contributed by atoms with van der Waals surface area (Å²) >= 11 is 0. The third-order valence-electron chi connectivity index (χ3n) is 2.11. The molecule has 1 aromatic rings. The molecule has 0 radical (unpaired) electrons. The van der Waals surface area contributed by atoms with E-state index in [-0.39, 0.29) is 17.4 Å². The van der Waals surface area contributed by atoms with Crippen molar-refractivity contribution in [3.8, 4) is 0 Å². The average Bonchev–Trinajstić information content (AvgIpc) is 2.29. The summed E-state index contributed by atoms with van der Waals surface area (Å²) in [4.78, 5) is 3.81. The van der Waals surface area contributed by atoms with Gasteiger partial charge in [0.25, 0.3) is 10.0 Å². The number of aromatic nitrogens is 1. The van der Waals surface area contributed by atoms with Gasteiger partial charge in [0.15, 0.2) is 5.03 Å². The summed E-state index contributed by atoms with van der Waals surface area (Å²) < 4.78 is 26.0. The molecular weight excluding hydrogens is 274 g/mol. The van der Waals surface area contributed by atoms with Gasteiger partial charge in [-0.3, -0.25) is 0 Å². The molecule has 0 fully saturated rings. The minimum Gasteiger partial charge on any atom is -0.314 e. The minimum atomic E-state index is -3.45. The van der Waals surface area contributed by atoms with Crippen molar-refractivity contribution in [1.29, 1.82) is 0 Å². The first-order chi connectivity index (χ1) is 8.02. The molecule has 0 unspecified atom stereocenters. The molecule has 7 heteroatoms. The molecular formula is C11H20ClN3O2S. The van der Waals surface area contributed by atoms with Crippen molar-refractivity contribution in [2.24, 2.45) is 0 Å². The van der Waals surface area contributed by atoms with E-state index in [0.29, 0.717) is 12.6 Å². The lowest BCUT2D eigenvalue weighted by Gasteiger charge is -2.08. The predicted molar refractivity (Wildman–Crippen MR) is 74.4 cm³/mol. The topological polar surface area (TPSA) is 71.1 Å². The van der Waals surface area contributed by atoms with E-state index in [1.54, 1.807) is 12.1 Å². The zero-order chi connectivity index (χ0) is 12.7. The second kappa shape index (κ2) is 8.42. The maximum atomic E-state index is 11.7. The van der Waals surface area contributed by atoms with E-state index < -0.39 is 10.0 Å². The number of nitrogens with one attached hydrogen (secondary N) is 2. The molecule has 0 aliphatic carbocycles. The van der Waals surface area contributed by atoms with Crippen molar-refractivity contribution < 1.29 is 8.42 Å². The largest absolute Gasteiger partial charge is 0.314 e. The Labute approximate surface area is 115 Å². The highest BCUT2D eigenvalue weighted by Crippen LogP contribution is 2.02. The smallest absolute Gasteiger partial charge is 0.258 e. The highest BCUT2D eigenvalue weighted by atomic mass is 35.5. The lowest BCUT2D eigenvalue weighted by atomic mass is 10.3. The Bertz CT molecular complexity index is 423. The SMILES string of the molecule is CC(C)NCCCNS(=O)(=O)c1ccccn1.Cl. The van der Waals surface area contributed by atoms with Gasteiger partial charge < -0.3 is 5.32 Å². The van der Waals surface area contributed by atoms with Crippen LogP contribution in [0.3, 0.4) is 0 Å². The molecule has 1 aromatic heterocycles. The van der Waals surface area contributed by atoms with Crippen LogP contribution in [0.5, 0.6) is 0 Å². The van der Waals surface area contributed by atoms with E-state index >= 15 is 0 Å². The summed E-state index contributed by atoms with van der Waals surface area (Å²) in [5, 5.41) is 3.29. The third kappa shape index (κ3) is 6.30. The minimum absolute atomic E-state index is 0. The van der Waals surface area contributed by atoms with Crippen LogP contribution < -0.4 is 10.0 Å². The van der Waals surface area contributed by atoms with Gasteiger partial charge in [-0.1, -0.05) is 19.9 Å². The van der Waals surface area contributed by atoms with Gasteiger partial charge in [0, 0.05) is 18.8 Å². The normalized spacial score (nSPS) is 11.3. The molecule has 0 saturated heterocycles. The molecule has 0 spiro atoms. The zero-order valence-corrected chi connectivity index (χ0v) is 12.2. The quantitative estimate of drug-likeness (QED) is 0.740. The van der Waals surface area contributed by atoms with Gasteiger partial charge in [-0.05, 0) is 25.1 Å². The van der Waals surface area contributed by atoms with E-state index in [1.165, 1.54) is 12.3 Å². The molecule has 2 N–H and O–H groups in total. The van der Waals surface area contributed by atoms with Crippen LogP contribution in [0, 0.1) is 0 Å². The van der Waals surface area contributed by atoms with Gasteiger partial charge in [-0.25, -0.2) is 18.1 Å². The summed E-state index contributed by atoms with van der Waals surface area (Å²) in [6, 6.07) is 5.24. The van der Waals surface area contributed by atoms with E-state index in [2.05, 4.69) is 28.9 Å². The Kier molecular flexibility index (Phi) is 8.10. The van der Waals surface area contributed by atoms with Crippen molar-refractivity contribution in [2.45, 2.75) is 31.3 Å². The van der Waals surface area contributed by atoms with Gasteiger partial charge >= 0.3 is 0 Å². The maximum absolute atomic E-state index is 11.7. The first-order valence-electron chi connectivity index (χ1n) is 5.66. The second-order valence-corrected chi connectivity index (χ2v) is 5.74. The number of nitrogens with zero attached hydrogens (tertiary/aromatic N) is 1. The van der Waals surface area contributed by atoms with Crippen LogP contribution in [0.1, 0.15) is 20.3 Å². The Morgan fingerprint density at radius 1 is 1.28 bits per heavy atom. The Morgan fingerprint density at radius 3 is 2.56 bits per heavy atom. The summed E-state index contributed by atoms with van der Waals surface area (Å²) in [6.07, 6.45) is 2.22. The molecule has 0 saturated carbocycles. The highest BCUT2D eigenvalue weighted by Gasteiger charge is 2.13. The second-order valence-electron chi connectivity index (χ2n) is 4.03. The van der Waals surface area contributed by atoms with Crippen LogP contribution in [0.4, 0.5) is 0 Å². The summed E-state index contributed by atoms with van der Waals surface area (Å²) in [7, 11) is -3.45. The number of sulfonamides is 1. The Morgan fingerprint density at radius 2 is 2.00 bits per heavy atom. The van der Waals surface area contributed by atoms with Crippen molar-refractivity contribution in [3.63, 3.8) is 0 Å². The van der Waals surface area contributed by atoms with Crippen LogP contribution in [0.2, 0.25) is 0 Å². The highest BCUT2D eigenvalue weighted by molar-refractivity contribution is 7.89. The monoisotopic (exact) mass is 293 g/mol. The van der Waals surface area contributed by atoms with Gasteiger partial charge in [0.2, 0.25) is 0 Å². The Balaban J connectivity index is 0.00000289. The predicted octanol–water partition coefficient (Wildman–Crippen LogP) is 1.17. The van der Waals surface area contributed by atoms with E-state index in [9.17, 15) is 8.42 Å². The summed E-state index contributed by atoms with van der Waals surface area (Å²) in [6.45, 7) is 5.32. The van der Waals surface area contributed by atoms with E-state index in [0.717, 1.165) is 13.0 Å². The molecule has 0 aromatic carbocycles. The molecule has 0 amide bonds. The van der Waals surface area contributed by atoms with Gasteiger partial charge in [-0.2, -0.15) is 0 Å². The van der Waals surface area contributed by atoms with Crippen molar-refractivity contribution >= 4 is 22.4 Å². The first kappa shape index (κ1) is 17.3. The molecule has 1 heterocycles. The van der Waals surface area contributed by atoms with Crippen molar-refractivity contribution in [3.05, 3.63) is 24.4 Å². The van der Waals surface area contributed by atoms with Crippen LogP contribution in [0.15, 0.2) is 29.4 Å². The van der Waals surface area contributed by atoms with Gasteiger partial charge in [-0.15, -0.1) is 12.4 Å². The van der Waals surface area contributed by atoms with Crippen molar-refractivity contribution in [2.75, 3.05) is 13.1 Å². The molecule has 0 aliphatic heterocycles. The summed E-state index contributed by atoms with van der Waals surface area (Å²) in [5.74, 6) is 0. The van der Waals surface area contributed by atoms with E-state index in [1.807, 2.05) is 0 Å². The summed E-state index contributed by atoms with van der Waals surface area (Å²) in [5.41, 5.74) is 0. The molecule has 0 aliphatic rings. The van der Waals surface area contributed by atoms with Gasteiger partial charge in [0.05, 0.1) is 0 Å². The van der Waals surface area contributed by atoms with Crippen molar-refractivity contribution in [1.82, 2.24) is 15.0 Å². The van der Waals surface area contributed by atoms with Crippen LogP contribution in [-0.2, 0) is 10.0 Å². The fourth-order valence-electron chi connectivity index (χ4n) is 1.27. The molecule has 0 atom stereocenters. The average molecular weight is 294 g/mol. The Hall–Kier alpha value is -0.690. The molecule has 0 bridgehead atoms. The van der Waals surface area contributed by atoms with E-state index in [4.69, 9.17) is 0 Å². The van der Waals surface area contributed by atoms with Crippen LogP contribution >= 0.6 is 12.4 Å². The van der Waals surface area contributed by atoms with Crippen LogP contribution in [-0.4, -0.2) is 32.5 Å². The molecule has 1 rings (SSSR count). The maximum Gasteiger partial charge on any atom is 0.258 e. The number of halogens is 1. The van der Waals surface area contributed by atoms with Gasteiger partial charge in [0.1, 0.15) is 0 Å². The number of rotatable bonds is 7. The first-order valence-corrected chi connectivity index (χ1v) is 7.15.